The Hall–Kier alpha value is -6.81. The lowest BCUT2D eigenvalue weighted by molar-refractivity contribution is 1.28. The fourth-order valence-corrected chi connectivity index (χ4v) is 8.83. The van der Waals surface area contributed by atoms with Crippen LogP contribution in [0.25, 0.3) is 75.7 Å². The second kappa shape index (κ2) is 13.6. The van der Waals surface area contributed by atoms with E-state index in [0.717, 1.165) is 50.3 Å². The lowest BCUT2D eigenvalue weighted by atomic mass is 9.97. The highest BCUT2D eigenvalue weighted by Crippen LogP contribution is 2.42. The summed E-state index contributed by atoms with van der Waals surface area (Å²) in [6.45, 7) is 0. The fraction of sp³-hybridized carbons (Fsp3) is 0. The van der Waals surface area contributed by atoms with Crippen molar-refractivity contribution in [3.8, 4) is 44.6 Å². The van der Waals surface area contributed by atoms with Crippen LogP contribution in [0.15, 0.2) is 206 Å². The van der Waals surface area contributed by atoms with E-state index in [2.05, 4.69) is 211 Å². The van der Waals surface area contributed by atoms with Gasteiger partial charge in [-0.2, -0.15) is 0 Å². The molecule has 0 N–H and O–H groups in total. The monoisotopic (exact) mass is 706 g/mol. The second-order valence-electron chi connectivity index (χ2n) is 13.6. The average molecular weight is 707 g/mol. The van der Waals surface area contributed by atoms with Crippen LogP contribution in [0.5, 0.6) is 0 Å². The first-order valence-corrected chi connectivity index (χ1v) is 19.1. The highest BCUT2D eigenvalue weighted by molar-refractivity contribution is 7.26. The Morgan fingerprint density at radius 2 is 0.889 bits per heavy atom. The molecule has 0 fully saturated rings. The Bertz CT molecular complexity index is 2900. The number of thiophene rings is 1. The summed E-state index contributed by atoms with van der Waals surface area (Å²) in [5, 5.41) is 3.76. The predicted molar refractivity (Wildman–Crippen MR) is 231 cm³/mol. The third-order valence-electron chi connectivity index (χ3n) is 10.3. The fourth-order valence-electron chi connectivity index (χ4n) is 7.59. The molecular formula is C51H34N2S. The lowest BCUT2D eigenvalue weighted by Crippen LogP contribution is -2.09. The quantitative estimate of drug-likeness (QED) is 0.164. The van der Waals surface area contributed by atoms with E-state index in [0.29, 0.717) is 0 Å². The van der Waals surface area contributed by atoms with Gasteiger partial charge in [0, 0.05) is 53.7 Å². The van der Waals surface area contributed by atoms with Gasteiger partial charge < -0.3 is 4.90 Å². The maximum Gasteiger partial charge on any atom is 0.0788 e. The first-order chi connectivity index (χ1) is 26.8. The maximum absolute atomic E-state index is 5.16. The third kappa shape index (κ3) is 5.81. The Morgan fingerprint density at radius 1 is 0.370 bits per heavy atom. The summed E-state index contributed by atoms with van der Waals surface area (Å²) in [4.78, 5) is 7.51. The molecule has 0 unspecified atom stereocenters. The number of nitrogens with zero attached hydrogens (tertiary/aromatic N) is 2. The van der Waals surface area contributed by atoms with Gasteiger partial charge in [0.15, 0.2) is 0 Å². The molecule has 2 aromatic heterocycles. The molecule has 0 atom stereocenters. The Balaban J connectivity index is 1.06. The third-order valence-corrected chi connectivity index (χ3v) is 11.5. The highest BCUT2D eigenvalue weighted by Gasteiger charge is 2.17. The average Bonchev–Trinajstić information content (AvgIpc) is 3.64. The summed E-state index contributed by atoms with van der Waals surface area (Å²) in [6.07, 6.45) is 0. The van der Waals surface area contributed by atoms with E-state index in [1.165, 1.54) is 42.4 Å². The molecule has 54 heavy (non-hydrogen) atoms. The standard InChI is InChI=1S/C51H34N2S/c1-3-12-35(13-4-1)36-22-28-41(29-23-36)53(42-30-24-37(25-31-42)44-18-11-19-46-45-17-8-10-21-49(45)54-51(44)46)43-32-26-38(27-33-43)47-34-40-16-7-9-20-48(40)52-50(47)39-14-5-2-6-15-39/h1-34H. The minimum atomic E-state index is 0.986. The van der Waals surface area contributed by atoms with Crippen molar-refractivity contribution in [3.63, 3.8) is 0 Å². The molecule has 3 heteroatoms. The molecule has 0 spiro atoms. The second-order valence-corrected chi connectivity index (χ2v) is 14.6. The normalized spacial score (nSPS) is 11.3. The topological polar surface area (TPSA) is 16.1 Å². The summed E-state index contributed by atoms with van der Waals surface area (Å²) < 4.78 is 2.65. The molecule has 2 heterocycles. The van der Waals surface area contributed by atoms with Crippen LogP contribution in [-0.2, 0) is 0 Å². The van der Waals surface area contributed by atoms with E-state index in [9.17, 15) is 0 Å². The van der Waals surface area contributed by atoms with Crippen LogP contribution in [0.1, 0.15) is 0 Å². The van der Waals surface area contributed by atoms with Gasteiger partial charge in [-0.15, -0.1) is 11.3 Å². The van der Waals surface area contributed by atoms with Crippen LogP contribution in [0.3, 0.4) is 0 Å². The van der Waals surface area contributed by atoms with Gasteiger partial charge in [0.2, 0.25) is 0 Å². The number of hydrogen-bond acceptors (Lipinski definition) is 3. The zero-order valence-electron chi connectivity index (χ0n) is 29.4. The Labute approximate surface area is 318 Å². The number of aromatic nitrogens is 1. The molecule has 0 bridgehead atoms. The van der Waals surface area contributed by atoms with Crippen LogP contribution in [0.2, 0.25) is 0 Å². The highest BCUT2D eigenvalue weighted by atomic mass is 32.1. The summed E-state index contributed by atoms with van der Waals surface area (Å²) in [5.74, 6) is 0. The van der Waals surface area contributed by atoms with Crippen LogP contribution in [0.4, 0.5) is 17.1 Å². The van der Waals surface area contributed by atoms with Crippen molar-refractivity contribution in [2.75, 3.05) is 4.90 Å². The van der Waals surface area contributed by atoms with Gasteiger partial charge in [0.25, 0.3) is 0 Å². The van der Waals surface area contributed by atoms with Crippen molar-refractivity contribution in [2.45, 2.75) is 0 Å². The summed E-state index contributed by atoms with van der Waals surface area (Å²) >= 11 is 1.87. The van der Waals surface area contributed by atoms with Gasteiger partial charge in [-0.05, 0) is 82.4 Å². The number of benzene rings is 8. The molecule has 0 amide bonds. The van der Waals surface area contributed by atoms with E-state index in [-0.39, 0.29) is 0 Å². The molecule has 0 aliphatic heterocycles. The molecule has 0 saturated carbocycles. The number of para-hydroxylation sites is 1. The van der Waals surface area contributed by atoms with Gasteiger partial charge in [-0.25, -0.2) is 4.98 Å². The SMILES string of the molecule is c1ccc(-c2ccc(N(c3ccc(-c4cc5ccccc5nc4-c4ccccc4)cc3)c3ccc(-c4cccc5c4sc4ccccc45)cc3)cc2)cc1. The van der Waals surface area contributed by atoms with E-state index in [1.807, 2.05) is 11.3 Å². The Morgan fingerprint density at radius 3 is 1.57 bits per heavy atom. The Kier molecular flexibility index (Phi) is 8.05. The van der Waals surface area contributed by atoms with E-state index in [1.54, 1.807) is 0 Å². The van der Waals surface area contributed by atoms with Crippen LogP contribution >= 0.6 is 11.3 Å². The lowest BCUT2D eigenvalue weighted by Gasteiger charge is -2.26. The van der Waals surface area contributed by atoms with E-state index < -0.39 is 0 Å². The maximum atomic E-state index is 5.16. The van der Waals surface area contributed by atoms with Crippen LogP contribution in [-0.4, -0.2) is 4.98 Å². The van der Waals surface area contributed by atoms with Crippen molar-refractivity contribution >= 4 is 59.5 Å². The molecular weight excluding hydrogens is 673 g/mol. The minimum absolute atomic E-state index is 0.986. The van der Waals surface area contributed by atoms with Gasteiger partial charge >= 0.3 is 0 Å². The molecule has 2 nitrogen and oxygen atoms in total. The first kappa shape index (κ1) is 31.9. The molecule has 254 valence electrons. The van der Waals surface area contributed by atoms with Crippen molar-refractivity contribution in [1.82, 2.24) is 4.98 Å². The van der Waals surface area contributed by atoms with Crippen molar-refractivity contribution < 1.29 is 0 Å². The van der Waals surface area contributed by atoms with Gasteiger partial charge in [-0.1, -0.05) is 152 Å². The molecule has 0 radical (unpaired) electrons. The number of rotatable bonds is 7. The number of anilines is 3. The number of hydrogen-bond donors (Lipinski definition) is 0. The predicted octanol–water partition coefficient (Wildman–Crippen LogP) is 14.7. The number of pyridine rings is 1. The molecule has 0 aliphatic rings. The minimum Gasteiger partial charge on any atom is -0.311 e. The molecule has 10 rings (SSSR count). The zero-order valence-corrected chi connectivity index (χ0v) is 30.2. The van der Waals surface area contributed by atoms with E-state index >= 15 is 0 Å². The van der Waals surface area contributed by atoms with Gasteiger partial charge in [0.05, 0.1) is 11.2 Å². The van der Waals surface area contributed by atoms with E-state index in [4.69, 9.17) is 4.98 Å². The molecule has 0 saturated heterocycles. The van der Waals surface area contributed by atoms with Crippen LogP contribution < -0.4 is 4.90 Å². The summed E-state index contributed by atoms with van der Waals surface area (Å²) in [7, 11) is 0. The summed E-state index contributed by atoms with van der Waals surface area (Å²) in [5.41, 5.74) is 13.5. The molecule has 8 aromatic carbocycles. The van der Waals surface area contributed by atoms with Crippen molar-refractivity contribution in [2.24, 2.45) is 0 Å². The molecule has 0 aliphatic carbocycles. The van der Waals surface area contributed by atoms with Crippen LogP contribution in [0, 0.1) is 0 Å². The smallest absolute Gasteiger partial charge is 0.0788 e. The van der Waals surface area contributed by atoms with Gasteiger partial charge in [0.1, 0.15) is 0 Å². The molecule has 10 aromatic rings. The van der Waals surface area contributed by atoms with Crippen molar-refractivity contribution in [3.05, 3.63) is 206 Å². The number of fused-ring (bicyclic) bond motifs is 4. The van der Waals surface area contributed by atoms with Gasteiger partial charge in [-0.3, -0.25) is 0 Å². The zero-order chi connectivity index (χ0) is 35.8. The van der Waals surface area contributed by atoms with Crippen molar-refractivity contribution in [1.29, 1.82) is 0 Å². The first-order valence-electron chi connectivity index (χ1n) is 18.3. The summed E-state index contributed by atoms with van der Waals surface area (Å²) in [6, 6.07) is 73.9. The largest absolute Gasteiger partial charge is 0.311 e.